The summed E-state index contributed by atoms with van der Waals surface area (Å²) in [4.78, 5) is 16.2. The van der Waals surface area contributed by atoms with E-state index in [1.54, 1.807) is 22.9 Å². The Labute approximate surface area is 178 Å². The molecular formula is C21H26F2N4O4. The second-order valence-corrected chi connectivity index (χ2v) is 6.75. The Kier molecular flexibility index (Phi) is 8.08. The molecule has 168 valence electrons. The number of unbranched alkanes of at least 4 members (excludes halogenated alkanes) is 1. The van der Waals surface area contributed by atoms with Crippen LogP contribution in [-0.2, 0) is 13.1 Å². The van der Waals surface area contributed by atoms with Gasteiger partial charge in [-0.1, -0.05) is 6.07 Å². The van der Waals surface area contributed by atoms with Gasteiger partial charge in [0.15, 0.2) is 17.5 Å². The minimum absolute atomic E-state index is 0.00662. The molecule has 8 nitrogen and oxygen atoms in total. The second-order valence-electron chi connectivity index (χ2n) is 6.75. The van der Waals surface area contributed by atoms with Crippen LogP contribution >= 0.6 is 0 Å². The van der Waals surface area contributed by atoms with E-state index in [2.05, 4.69) is 20.4 Å². The van der Waals surface area contributed by atoms with Crippen LogP contribution in [0.5, 0.6) is 17.2 Å². The van der Waals surface area contributed by atoms with Crippen molar-refractivity contribution in [2.45, 2.75) is 39.5 Å². The lowest BCUT2D eigenvalue weighted by molar-refractivity contribution is -0.0505. The highest BCUT2D eigenvalue weighted by atomic mass is 19.3. The number of aryl methyl sites for hydroxylation is 1. The SMILES string of the molecule is CCNC(=NCc1cc2c(cc1OC(F)F)OCO2)NCCCCn1ccccc1=O. The zero-order valence-electron chi connectivity index (χ0n) is 17.3. The Morgan fingerprint density at radius 3 is 2.77 bits per heavy atom. The summed E-state index contributed by atoms with van der Waals surface area (Å²) in [7, 11) is 0. The predicted octanol–water partition coefficient (Wildman–Crippen LogP) is 2.71. The molecule has 0 fully saturated rings. The Bertz CT molecular complexity index is 949. The lowest BCUT2D eigenvalue weighted by Gasteiger charge is -2.13. The molecule has 0 aliphatic carbocycles. The summed E-state index contributed by atoms with van der Waals surface area (Å²) >= 11 is 0. The van der Waals surface area contributed by atoms with Gasteiger partial charge in [0.05, 0.1) is 6.54 Å². The third kappa shape index (κ3) is 6.59. The maximum atomic E-state index is 12.8. The van der Waals surface area contributed by atoms with Crippen LogP contribution in [0.15, 0.2) is 46.3 Å². The number of alkyl halides is 2. The molecule has 3 rings (SSSR count). The number of guanidine groups is 1. The fourth-order valence-corrected chi connectivity index (χ4v) is 3.06. The molecule has 2 aromatic rings. The van der Waals surface area contributed by atoms with Crippen molar-refractivity contribution in [1.29, 1.82) is 0 Å². The molecule has 1 aromatic carbocycles. The van der Waals surface area contributed by atoms with E-state index in [0.717, 1.165) is 12.8 Å². The summed E-state index contributed by atoms with van der Waals surface area (Å²) in [5, 5.41) is 6.33. The fraction of sp³-hybridized carbons (Fsp3) is 0.429. The van der Waals surface area contributed by atoms with Crippen LogP contribution in [-0.4, -0.2) is 37.0 Å². The van der Waals surface area contributed by atoms with E-state index in [4.69, 9.17) is 9.47 Å². The van der Waals surface area contributed by atoms with E-state index in [9.17, 15) is 13.6 Å². The number of pyridine rings is 1. The first-order valence-electron chi connectivity index (χ1n) is 10.1. The number of aliphatic imine (C=N–C) groups is 1. The molecule has 0 amide bonds. The summed E-state index contributed by atoms with van der Waals surface area (Å²) in [6, 6.07) is 8.08. The van der Waals surface area contributed by atoms with Crippen molar-refractivity contribution in [2.75, 3.05) is 19.9 Å². The number of ether oxygens (including phenoxy) is 3. The minimum Gasteiger partial charge on any atom is -0.454 e. The standard InChI is InChI=1S/C21H26F2N4O4/c1-2-24-21(25-8-4-6-10-27-9-5-3-7-19(27)28)26-13-15-11-17-18(30-14-29-17)12-16(15)31-20(22)23/h3,5,7,9,11-12,20H,2,4,6,8,10,13-14H2,1H3,(H2,24,25,26). The number of fused-ring (bicyclic) bond motifs is 1. The molecule has 1 aromatic heterocycles. The van der Waals surface area contributed by atoms with E-state index >= 15 is 0 Å². The normalized spacial score (nSPS) is 12.8. The lowest BCUT2D eigenvalue weighted by atomic mass is 10.1. The van der Waals surface area contributed by atoms with Crippen molar-refractivity contribution in [2.24, 2.45) is 4.99 Å². The summed E-state index contributed by atoms with van der Waals surface area (Å²) in [5.74, 6) is 1.40. The van der Waals surface area contributed by atoms with Gasteiger partial charge in [0.25, 0.3) is 0 Å². The smallest absolute Gasteiger partial charge is 0.387 e. The molecule has 2 N–H and O–H groups in total. The average molecular weight is 436 g/mol. The molecule has 1 aliphatic heterocycles. The van der Waals surface area contributed by atoms with Gasteiger partial charge in [0.1, 0.15) is 5.75 Å². The van der Waals surface area contributed by atoms with Crippen molar-refractivity contribution in [1.82, 2.24) is 15.2 Å². The number of rotatable bonds is 10. The van der Waals surface area contributed by atoms with Crippen molar-refractivity contribution in [3.05, 3.63) is 52.4 Å². The third-order valence-corrected chi connectivity index (χ3v) is 4.54. The number of hydrogen-bond acceptors (Lipinski definition) is 5. The largest absolute Gasteiger partial charge is 0.454 e. The van der Waals surface area contributed by atoms with Gasteiger partial charge in [-0.25, -0.2) is 4.99 Å². The first-order valence-corrected chi connectivity index (χ1v) is 10.1. The number of benzene rings is 1. The molecular weight excluding hydrogens is 410 g/mol. The Balaban J connectivity index is 1.56. The van der Waals surface area contributed by atoms with Crippen LogP contribution in [0, 0.1) is 0 Å². The first-order chi connectivity index (χ1) is 15.1. The van der Waals surface area contributed by atoms with E-state index in [-0.39, 0.29) is 24.6 Å². The Morgan fingerprint density at radius 1 is 1.23 bits per heavy atom. The highest BCUT2D eigenvalue weighted by molar-refractivity contribution is 5.79. The van der Waals surface area contributed by atoms with E-state index in [1.807, 2.05) is 13.0 Å². The summed E-state index contributed by atoms with van der Waals surface area (Å²) in [5.41, 5.74) is 0.445. The lowest BCUT2D eigenvalue weighted by Crippen LogP contribution is -2.37. The first kappa shape index (κ1) is 22.4. The van der Waals surface area contributed by atoms with Crippen LogP contribution in [0.25, 0.3) is 0 Å². The summed E-state index contributed by atoms with van der Waals surface area (Å²) in [6.07, 6.45) is 3.42. The third-order valence-electron chi connectivity index (χ3n) is 4.54. The highest BCUT2D eigenvalue weighted by Crippen LogP contribution is 2.39. The second kappa shape index (κ2) is 11.2. The van der Waals surface area contributed by atoms with Gasteiger partial charge in [-0.2, -0.15) is 8.78 Å². The van der Waals surface area contributed by atoms with Crippen LogP contribution in [0.1, 0.15) is 25.3 Å². The molecule has 0 saturated heterocycles. The highest BCUT2D eigenvalue weighted by Gasteiger charge is 2.20. The quantitative estimate of drug-likeness (QED) is 0.338. The van der Waals surface area contributed by atoms with Gasteiger partial charge < -0.3 is 29.4 Å². The maximum Gasteiger partial charge on any atom is 0.387 e. The maximum absolute atomic E-state index is 12.8. The Morgan fingerprint density at radius 2 is 2.03 bits per heavy atom. The minimum atomic E-state index is -2.95. The van der Waals surface area contributed by atoms with Crippen molar-refractivity contribution in [3.8, 4) is 17.2 Å². The summed E-state index contributed by atoms with van der Waals surface area (Å²) in [6.45, 7) is 1.07. The van der Waals surface area contributed by atoms with Crippen molar-refractivity contribution >= 4 is 5.96 Å². The Hall–Kier alpha value is -3.30. The monoisotopic (exact) mass is 436 g/mol. The number of aromatic nitrogens is 1. The molecule has 0 bridgehead atoms. The fourth-order valence-electron chi connectivity index (χ4n) is 3.06. The molecule has 0 radical (unpaired) electrons. The number of halogens is 2. The van der Waals surface area contributed by atoms with Crippen molar-refractivity contribution < 1.29 is 23.0 Å². The van der Waals surface area contributed by atoms with E-state index < -0.39 is 6.61 Å². The van der Waals surface area contributed by atoms with Crippen LogP contribution in [0.2, 0.25) is 0 Å². The van der Waals surface area contributed by atoms with Gasteiger partial charge in [-0.3, -0.25) is 4.79 Å². The molecule has 10 heteroatoms. The summed E-state index contributed by atoms with van der Waals surface area (Å²) < 4.78 is 42.4. The van der Waals surface area contributed by atoms with Gasteiger partial charge in [-0.05, 0) is 31.9 Å². The molecule has 0 spiro atoms. The predicted molar refractivity (Wildman–Crippen MR) is 112 cm³/mol. The van der Waals surface area contributed by atoms with Crippen molar-refractivity contribution in [3.63, 3.8) is 0 Å². The van der Waals surface area contributed by atoms with E-state index in [0.29, 0.717) is 42.7 Å². The van der Waals surface area contributed by atoms with Gasteiger partial charge >= 0.3 is 6.61 Å². The zero-order chi connectivity index (χ0) is 22.1. The topological polar surface area (TPSA) is 86.1 Å². The number of nitrogens with one attached hydrogen (secondary N) is 2. The van der Waals surface area contributed by atoms with Gasteiger partial charge in [-0.15, -0.1) is 0 Å². The van der Waals surface area contributed by atoms with Crippen LogP contribution in [0.4, 0.5) is 8.78 Å². The van der Waals surface area contributed by atoms with Gasteiger partial charge in [0, 0.05) is 43.5 Å². The molecule has 31 heavy (non-hydrogen) atoms. The van der Waals surface area contributed by atoms with Crippen LogP contribution in [0.3, 0.4) is 0 Å². The number of nitrogens with zero attached hydrogens (tertiary/aromatic N) is 2. The molecule has 0 atom stereocenters. The van der Waals surface area contributed by atoms with Crippen LogP contribution < -0.4 is 30.4 Å². The average Bonchev–Trinajstić information content (AvgIpc) is 3.19. The molecule has 1 aliphatic rings. The molecule has 2 heterocycles. The number of hydrogen-bond donors (Lipinski definition) is 2. The van der Waals surface area contributed by atoms with Gasteiger partial charge in [0.2, 0.25) is 12.4 Å². The zero-order valence-corrected chi connectivity index (χ0v) is 17.3. The molecule has 0 unspecified atom stereocenters. The molecule has 0 saturated carbocycles. The van der Waals surface area contributed by atoms with E-state index in [1.165, 1.54) is 12.1 Å².